The van der Waals surface area contributed by atoms with Gasteiger partial charge >= 0.3 is 5.97 Å². The van der Waals surface area contributed by atoms with Crippen molar-refractivity contribution in [2.45, 2.75) is 52.2 Å². The first kappa shape index (κ1) is 15.7. The smallest absolute Gasteiger partial charge is 0.320 e. The standard InChI is InChI=1S/C16H25NO2/c1-13(2)19-15(18)12-17-16(3,4)11-10-14-8-6-5-7-9-14/h5-9,13,17H,10-12H2,1-4H3. The predicted molar refractivity (Wildman–Crippen MR) is 78.1 cm³/mol. The third-order valence-corrected chi connectivity index (χ3v) is 2.96. The van der Waals surface area contributed by atoms with E-state index in [-0.39, 0.29) is 24.2 Å². The molecule has 0 aliphatic rings. The van der Waals surface area contributed by atoms with Crippen molar-refractivity contribution in [1.29, 1.82) is 0 Å². The topological polar surface area (TPSA) is 38.3 Å². The van der Waals surface area contributed by atoms with Crippen LogP contribution in [0, 0.1) is 0 Å². The van der Waals surface area contributed by atoms with E-state index in [1.54, 1.807) is 0 Å². The monoisotopic (exact) mass is 263 g/mol. The fourth-order valence-electron chi connectivity index (χ4n) is 1.81. The Bertz CT molecular complexity index is 385. The lowest BCUT2D eigenvalue weighted by atomic mass is 9.95. The molecule has 1 aromatic rings. The summed E-state index contributed by atoms with van der Waals surface area (Å²) in [6.07, 6.45) is 1.92. The molecule has 1 rings (SSSR count). The first-order chi connectivity index (χ1) is 8.89. The Morgan fingerprint density at radius 2 is 1.89 bits per heavy atom. The van der Waals surface area contributed by atoms with E-state index in [1.807, 2.05) is 19.9 Å². The maximum Gasteiger partial charge on any atom is 0.320 e. The minimum atomic E-state index is -0.192. The average Bonchev–Trinajstić information content (AvgIpc) is 2.35. The molecule has 3 heteroatoms. The summed E-state index contributed by atoms with van der Waals surface area (Å²) in [6.45, 7) is 8.20. The largest absolute Gasteiger partial charge is 0.462 e. The highest BCUT2D eigenvalue weighted by molar-refractivity contribution is 5.71. The number of carbonyl (C=O) groups excluding carboxylic acids is 1. The molecule has 0 amide bonds. The maximum atomic E-state index is 11.5. The minimum absolute atomic E-state index is 0.0540. The van der Waals surface area contributed by atoms with Gasteiger partial charge in [-0.15, -0.1) is 0 Å². The number of hydrogen-bond acceptors (Lipinski definition) is 3. The van der Waals surface area contributed by atoms with Crippen LogP contribution in [0.2, 0.25) is 0 Å². The normalized spacial score (nSPS) is 11.6. The number of rotatable bonds is 7. The molecule has 0 fully saturated rings. The highest BCUT2D eigenvalue weighted by Gasteiger charge is 2.18. The van der Waals surface area contributed by atoms with Crippen LogP contribution in [0.25, 0.3) is 0 Å². The molecule has 0 spiro atoms. The number of aryl methyl sites for hydroxylation is 1. The highest BCUT2D eigenvalue weighted by Crippen LogP contribution is 2.13. The van der Waals surface area contributed by atoms with Gasteiger partial charge in [-0.2, -0.15) is 0 Å². The fourth-order valence-corrected chi connectivity index (χ4v) is 1.81. The lowest BCUT2D eigenvalue weighted by Crippen LogP contribution is -2.43. The molecule has 0 bridgehead atoms. The van der Waals surface area contributed by atoms with Gasteiger partial charge in [0.05, 0.1) is 12.6 Å². The second-order valence-corrected chi connectivity index (χ2v) is 5.76. The third-order valence-electron chi connectivity index (χ3n) is 2.96. The van der Waals surface area contributed by atoms with Gasteiger partial charge in [-0.25, -0.2) is 0 Å². The Morgan fingerprint density at radius 1 is 1.26 bits per heavy atom. The number of benzene rings is 1. The fraction of sp³-hybridized carbons (Fsp3) is 0.562. The Hall–Kier alpha value is -1.35. The van der Waals surface area contributed by atoms with Gasteiger partial charge in [0.2, 0.25) is 0 Å². The zero-order valence-corrected chi connectivity index (χ0v) is 12.4. The van der Waals surface area contributed by atoms with Crippen molar-refractivity contribution in [3.63, 3.8) is 0 Å². The molecule has 1 aromatic carbocycles. The van der Waals surface area contributed by atoms with Gasteiger partial charge in [0.1, 0.15) is 0 Å². The average molecular weight is 263 g/mol. The maximum absolute atomic E-state index is 11.5. The summed E-state index contributed by atoms with van der Waals surface area (Å²) in [5.74, 6) is -0.192. The summed E-state index contributed by atoms with van der Waals surface area (Å²) < 4.78 is 5.11. The van der Waals surface area contributed by atoms with Crippen molar-refractivity contribution in [1.82, 2.24) is 5.32 Å². The Balaban J connectivity index is 2.33. The Morgan fingerprint density at radius 3 is 2.47 bits per heavy atom. The van der Waals surface area contributed by atoms with Gasteiger partial charge in [0, 0.05) is 5.54 Å². The highest BCUT2D eigenvalue weighted by atomic mass is 16.5. The van der Waals surface area contributed by atoms with Crippen LogP contribution in [0.1, 0.15) is 39.7 Å². The second-order valence-electron chi connectivity index (χ2n) is 5.76. The molecule has 0 aliphatic heterocycles. The number of ether oxygens (including phenoxy) is 1. The van der Waals surface area contributed by atoms with E-state index in [0.717, 1.165) is 12.8 Å². The molecule has 0 saturated heterocycles. The molecule has 19 heavy (non-hydrogen) atoms. The number of hydrogen-bond donors (Lipinski definition) is 1. The summed E-state index contributed by atoms with van der Waals surface area (Å²) >= 11 is 0. The first-order valence-corrected chi connectivity index (χ1v) is 6.87. The van der Waals surface area contributed by atoms with Crippen molar-refractivity contribution in [3.05, 3.63) is 35.9 Å². The van der Waals surface area contributed by atoms with E-state index < -0.39 is 0 Å². The van der Waals surface area contributed by atoms with Crippen LogP contribution in [-0.4, -0.2) is 24.2 Å². The van der Waals surface area contributed by atoms with E-state index in [1.165, 1.54) is 5.56 Å². The molecule has 0 aromatic heterocycles. The summed E-state index contributed by atoms with van der Waals surface area (Å²) in [5.41, 5.74) is 1.24. The zero-order chi connectivity index (χ0) is 14.3. The van der Waals surface area contributed by atoms with Gasteiger partial charge in [0.25, 0.3) is 0 Å². The van der Waals surface area contributed by atoms with E-state index in [2.05, 4.69) is 43.4 Å². The quantitative estimate of drug-likeness (QED) is 0.769. The molecular weight excluding hydrogens is 238 g/mol. The lowest BCUT2D eigenvalue weighted by molar-refractivity contribution is -0.146. The minimum Gasteiger partial charge on any atom is -0.462 e. The zero-order valence-electron chi connectivity index (χ0n) is 12.4. The Kier molecular flexibility index (Phi) is 6.03. The number of nitrogens with one attached hydrogen (secondary N) is 1. The van der Waals surface area contributed by atoms with Crippen molar-refractivity contribution in [2.24, 2.45) is 0 Å². The Labute approximate surface area is 116 Å². The molecule has 0 saturated carbocycles. The molecule has 3 nitrogen and oxygen atoms in total. The van der Waals surface area contributed by atoms with E-state index in [0.29, 0.717) is 0 Å². The van der Waals surface area contributed by atoms with E-state index in [9.17, 15) is 4.79 Å². The van der Waals surface area contributed by atoms with Crippen LogP contribution >= 0.6 is 0 Å². The van der Waals surface area contributed by atoms with Crippen LogP contribution in [0.3, 0.4) is 0 Å². The third kappa shape index (κ3) is 6.97. The SMILES string of the molecule is CC(C)OC(=O)CNC(C)(C)CCc1ccccc1. The summed E-state index contributed by atoms with van der Waals surface area (Å²) in [4.78, 5) is 11.5. The molecular formula is C16H25NO2. The number of esters is 1. The molecule has 0 heterocycles. The van der Waals surface area contributed by atoms with Crippen molar-refractivity contribution in [3.8, 4) is 0 Å². The van der Waals surface area contributed by atoms with E-state index in [4.69, 9.17) is 4.74 Å². The molecule has 1 N–H and O–H groups in total. The first-order valence-electron chi connectivity index (χ1n) is 6.87. The van der Waals surface area contributed by atoms with Gasteiger partial charge in [-0.1, -0.05) is 30.3 Å². The molecule has 0 atom stereocenters. The van der Waals surface area contributed by atoms with Crippen LogP contribution in [-0.2, 0) is 16.0 Å². The van der Waals surface area contributed by atoms with Gasteiger partial charge in [-0.05, 0) is 46.1 Å². The van der Waals surface area contributed by atoms with Crippen LogP contribution in [0.15, 0.2) is 30.3 Å². The summed E-state index contributed by atoms with van der Waals surface area (Å²) in [7, 11) is 0. The van der Waals surface area contributed by atoms with Gasteiger partial charge in [-0.3, -0.25) is 4.79 Å². The molecule has 106 valence electrons. The predicted octanol–water partition coefficient (Wildman–Crippen LogP) is 2.94. The van der Waals surface area contributed by atoms with Crippen molar-refractivity contribution in [2.75, 3.05) is 6.54 Å². The summed E-state index contributed by atoms with van der Waals surface area (Å²) in [5, 5.41) is 3.26. The van der Waals surface area contributed by atoms with E-state index >= 15 is 0 Å². The number of carbonyl (C=O) groups is 1. The molecule has 0 unspecified atom stereocenters. The lowest BCUT2D eigenvalue weighted by Gasteiger charge is -2.26. The summed E-state index contributed by atoms with van der Waals surface area (Å²) in [6, 6.07) is 10.4. The van der Waals surface area contributed by atoms with Gasteiger partial charge in [0.15, 0.2) is 0 Å². The molecule has 0 radical (unpaired) electrons. The van der Waals surface area contributed by atoms with Crippen molar-refractivity contribution >= 4 is 5.97 Å². The van der Waals surface area contributed by atoms with Crippen LogP contribution in [0.4, 0.5) is 0 Å². The second kappa shape index (κ2) is 7.29. The van der Waals surface area contributed by atoms with Crippen LogP contribution in [0.5, 0.6) is 0 Å². The van der Waals surface area contributed by atoms with Crippen LogP contribution < -0.4 is 5.32 Å². The van der Waals surface area contributed by atoms with Gasteiger partial charge < -0.3 is 10.1 Å². The van der Waals surface area contributed by atoms with Crippen molar-refractivity contribution < 1.29 is 9.53 Å². The molecule has 0 aliphatic carbocycles.